The fourth-order valence-electron chi connectivity index (χ4n) is 2.64. The lowest BCUT2D eigenvalue weighted by Gasteiger charge is -2.17. The molecule has 1 unspecified atom stereocenters. The van der Waals surface area contributed by atoms with Crippen molar-refractivity contribution in [2.75, 3.05) is 12.4 Å². The fourth-order valence-corrected chi connectivity index (χ4v) is 3.43. The van der Waals surface area contributed by atoms with Crippen molar-refractivity contribution in [2.24, 2.45) is 0 Å². The van der Waals surface area contributed by atoms with Gasteiger partial charge >= 0.3 is 0 Å². The van der Waals surface area contributed by atoms with Gasteiger partial charge in [-0.3, -0.25) is 4.98 Å². The molecule has 1 atom stereocenters. The maximum atomic E-state index is 12.0. The van der Waals surface area contributed by atoms with Gasteiger partial charge in [0, 0.05) is 35.8 Å². The van der Waals surface area contributed by atoms with Crippen LogP contribution >= 0.6 is 0 Å². The van der Waals surface area contributed by atoms with Crippen LogP contribution in [0, 0.1) is 6.92 Å². The van der Waals surface area contributed by atoms with Gasteiger partial charge in [0.2, 0.25) is 10.0 Å². The minimum atomic E-state index is -3.49. The number of nitrogens with one attached hydrogen (secondary N) is 2. The summed E-state index contributed by atoms with van der Waals surface area (Å²) < 4.78 is 26.4. The van der Waals surface area contributed by atoms with Crippen molar-refractivity contribution in [3.05, 3.63) is 66.1 Å². The van der Waals surface area contributed by atoms with Crippen molar-refractivity contribution in [3.8, 4) is 11.4 Å². The molecular formula is C19H21N5O2S. The van der Waals surface area contributed by atoms with Crippen molar-refractivity contribution < 1.29 is 8.42 Å². The highest BCUT2D eigenvalue weighted by Gasteiger charge is 2.15. The lowest BCUT2D eigenvalue weighted by molar-refractivity contribution is 0.588. The molecule has 7 nitrogen and oxygen atoms in total. The number of anilines is 1. The second kappa shape index (κ2) is 7.81. The lowest BCUT2D eigenvalue weighted by Crippen LogP contribution is -2.19. The Balaban J connectivity index is 1.88. The van der Waals surface area contributed by atoms with Crippen LogP contribution in [0.5, 0.6) is 0 Å². The van der Waals surface area contributed by atoms with E-state index in [-0.39, 0.29) is 10.9 Å². The van der Waals surface area contributed by atoms with Crippen LogP contribution in [-0.4, -0.2) is 30.4 Å². The van der Waals surface area contributed by atoms with Crippen LogP contribution in [-0.2, 0) is 10.0 Å². The summed E-state index contributed by atoms with van der Waals surface area (Å²) >= 11 is 0. The van der Waals surface area contributed by atoms with Gasteiger partial charge in [-0.25, -0.2) is 23.1 Å². The molecule has 0 saturated heterocycles. The van der Waals surface area contributed by atoms with Crippen LogP contribution in [0.4, 0.5) is 5.82 Å². The molecule has 0 aliphatic carbocycles. The van der Waals surface area contributed by atoms with E-state index in [0.29, 0.717) is 11.6 Å². The van der Waals surface area contributed by atoms with Gasteiger partial charge < -0.3 is 5.32 Å². The third-order valence-electron chi connectivity index (χ3n) is 4.08. The van der Waals surface area contributed by atoms with Crippen LogP contribution < -0.4 is 10.0 Å². The Morgan fingerprint density at radius 2 is 1.89 bits per heavy atom. The molecular weight excluding hydrogens is 362 g/mol. The minimum Gasteiger partial charge on any atom is -0.363 e. The van der Waals surface area contributed by atoms with E-state index in [4.69, 9.17) is 0 Å². The molecule has 2 N–H and O–H groups in total. The summed E-state index contributed by atoms with van der Waals surface area (Å²) in [4.78, 5) is 13.4. The molecule has 3 rings (SSSR count). The van der Waals surface area contributed by atoms with Crippen LogP contribution in [0.2, 0.25) is 0 Å². The molecule has 2 aromatic heterocycles. The molecule has 140 valence electrons. The monoisotopic (exact) mass is 383 g/mol. The van der Waals surface area contributed by atoms with Crippen LogP contribution in [0.25, 0.3) is 11.4 Å². The predicted octanol–water partition coefficient (Wildman–Crippen LogP) is 2.93. The number of pyridine rings is 1. The summed E-state index contributed by atoms with van der Waals surface area (Å²) in [6.07, 6.45) is 3.42. The fraction of sp³-hybridized carbons (Fsp3) is 0.211. The Morgan fingerprint density at radius 1 is 1.07 bits per heavy atom. The van der Waals surface area contributed by atoms with Gasteiger partial charge in [-0.15, -0.1) is 0 Å². The number of hydrogen-bond acceptors (Lipinski definition) is 6. The van der Waals surface area contributed by atoms with Crippen molar-refractivity contribution >= 4 is 15.8 Å². The molecule has 0 spiro atoms. The van der Waals surface area contributed by atoms with Gasteiger partial charge in [0.25, 0.3) is 0 Å². The number of sulfonamides is 1. The number of aromatic nitrogens is 3. The second-order valence-corrected chi connectivity index (χ2v) is 7.99. The summed E-state index contributed by atoms with van der Waals surface area (Å²) in [6, 6.07) is 12.3. The number of hydrogen-bond donors (Lipinski definition) is 2. The highest BCUT2D eigenvalue weighted by atomic mass is 32.2. The highest BCUT2D eigenvalue weighted by Crippen LogP contribution is 2.23. The van der Waals surface area contributed by atoms with E-state index >= 15 is 0 Å². The summed E-state index contributed by atoms with van der Waals surface area (Å²) in [5, 5.41) is 3.32. The summed E-state index contributed by atoms with van der Waals surface area (Å²) in [7, 11) is -2.09. The minimum absolute atomic E-state index is 0.145. The molecule has 2 heterocycles. The average molecular weight is 383 g/mol. The molecule has 0 fully saturated rings. The molecule has 0 saturated carbocycles. The predicted molar refractivity (Wildman–Crippen MR) is 105 cm³/mol. The topological polar surface area (TPSA) is 96.9 Å². The van der Waals surface area contributed by atoms with E-state index < -0.39 is 10.0 Å². The van der Waals surface area contributed by atoms with E-state index in [1.54, 1.807) is 30.6 Å². The maximum Gasteiger partial charge on any atom is 0.240 e. The smallest absolute Gasteiger partial charge is 0.240 e. The van der Waals surface area contributed by atoms with Gasteiger partial charge in [-0.05, 0) is 50.7 Å². The Bertz CT molecular complexity index is 1040. The first-order chi connectivity index (χ1) is 12.9. The number of aryl methyl sites for hydroxylation is 1. The summed E-state index contributed by atoms with van der Waals surface area (Å²) in [5.74, 6) is 1.25. The second-order valence-electron chi connectivity index (χ2n) is 6.11. The van der Waals surface area contributed by atoms with E-state index in [1.165, 1.54) is 7.05 Å². The van der Waals surface area contributed by atoms with Crippen molar-refractivity contribution in [1.82, 2.24) is 19.7 Å². The van der Waals surface area contributed by atoms with Gasteiger partial charge in [0.05, 0.1) is 4.90 Å². The first kappa shape index (κ1) is 18.9. The van der Waals surface area contributed by atoms with Gasteiger partial charge in [0.15, 0.2) is 5.82 Å². The highest BCUT2D eigenvalue weighted by molar-refractivity contribution is 7.89. The van der Waals surface area contributed by atoms with E-state index in [1.807, 2.05) is 38.1 Å². The molecule has 27 heavy (non-hydrogen) atoms. The summed E-state index contributed by atoms with van der Waals surface area (Å²) in [5.41, 5.74) is 2.49. The van der Waals surface area contributed by atoms with Crippen molar-refractivity contribution in [1.29, 1.82) is 0 Å². The third kappa shape index (κ3) is 4.47. The molecule has 0 bridgehead atoms. The van der Waals surface area contributed by atoms with E-state index in [2.05, 4.69) is 25.0 Å². The first-order valence-electron chi connectivity index (χ1n) is 8.45. The SMILES string of the molecule is CNS(=O)(=O)c1cccc(C(C)Nc2cc(C)nc(-c3cccnc3)n2)c1. The lowest BCUT2D eigenvalue weighted by atomic mass is 10.1. The zero-order chi connectivity index (χ0) is 19.4. The van der Waals surface area contributed by atoms with Crippen molar-refractivity contribution in [3.63, 3.8) is 0 Å². The Kier molecular flexibility index (Phi) is 5.48. The molecule has 0 amide bonds. The van der Waals surface area contributed by atoms with Gasteiger partial charge in [0.1, 0.15) is 5.82 Å². The van der Waals surface area contributed by atoms with E-state index in [0.717, 1.165) is 16.8 Å². The summed E-state index contributed by atoms with van der Waals surface area (Å²) in [6.45, 7) is 3.85. The van der Waals surface area contributed by atoms with Gasteiger partial charge in [-0.1, -0.05) is 12.1 Å². The number of rotatable bonds is 6. The van der Waals surface area contributed by atoms with Gasteiger partial charge in [-0.2, -0.15) is 0 Å². The zero-order valence-corrected chi connectivity index (χ0v) is 16.2. The standard InChI is InChI=1S/C19H21N5O2S/c1-13-10-18(24-19(22-13)16-7-5-9-21-12-16)23-14(2)15-6-4-8-17(11-15)27(25,26)20-3/h4-12,14,20H,1-3H3,(H,22,23,24). The normalized spacial score (nSPS) is 12.6. The largest absolute Gasteiger partial charge is 0.363 e. The average Bonchev–Trinajstić information content (AvgIpc) is 2.68. The molecule has 1 aromatic carbocycles. The molecule has 0 aliphatic rings. The zero-order valence-electron chi connectivity index (χ0n) is 15.3. The van der Waals surface area contributed by atoms with E-state index in [9.17, 15) is 8.42 Å². The maximum absolute atomic E-state index is 12.0. The van der Waals surface area contributed by atoms with Crippen LogP contribution in [0.1, 0.15) is 24.2 Å². The molecule has 8 heteroatoms. The third-order valence-corrected chi connectivity index (χ3v) is 5.49. The Morgan fingerprint density at radius 3 is 2.59 bits per heavy atom. The Labute approximate surface area is 159 Å². The van der Waals surface area contributed by atoms with Crippen LogP contribution in [0.3, 0.4) is 0 Å². The Hall–Kier alpha value is -2.84. The quantitative estimate of drug-likeness (QED) is 0.679. The number of benzene rings is 1. The molecule has 0 radical (unpaired) electrons. The van der Waals surface area contributed by atoms with Crippen molar-refractivity contribution in [2.45, 2.75) is 24.8 Å². The van der Waals surface area contributed by atoms with Crippen LogP contribution in [0.15, 0.2) is 59.8 Å². The number of nitrogens with zero attached hydrogens (tertiary/aromatic N) is 3. The molecule has 3 aromatic rings. The molecule has 0 aliphatic heterocycles. The first-order valence-corrected chi connectivity index (χ1v) is 9.93.